The number of fused-ring (bicyclic) bond motifs is 3. The van der Waals surface area contributed by atoms with Gasteiger partial charge in [0.25, 0.3) is 0 Å². The molecule has 0 saturated heterocycles. The van der Waals surface area contributed by atoms with Crippen LogP contribution < -0.4 is 10.4 Å². The summed E-state index contributed by atoms with van der Waals surface area (Å²) in [6.45, 7) is 2.42. The number of hydrogen-bond acceptors (Lipinski definition) is 7. The lowest BCUT2D eigenvalue weighted by atomic mass is 10.0. The van der Waals surface area contributed by atoms with Crippen LogP contribution in [0.3, 0.4) is 0 Å². The summed E-state index contributed by atoms with van der Waals surface area (Å²) in [6, 6.07) is 7.73. The lowest BCUT2D eigenvalue weighted by molar-refractivity contribution is 0.144. The van der Waals surface area contributed by atoms with Crippen molar-refractivity contribution in [2.75, 3.05) is 20.3 Å². The van der Waals surface area contributed by atoms with Crippen molar-refractivity contribution in [1.29, 1.82) is 0 Å². The Morgan fingerprint density at radius 1 is 1.06 bits per heavy atom. The summed E-state index contributed by atoms with van der Waals surface area (Å²) in [7, 11) is 5.18. The summed E-state index contributed by atoms with van der Waals surface area (Å²) < 4.78 is 15.8. The maximum absolute atomic E-state index is 13.3. The Balaban J connectivity index is 1.73. The molecule has 4 heterocycles. The van der Waals surface area contributed by atoms with Crippen LogP contribution in [0, 0.1) is 6.92 Å². The minimum Gasteiger partial charge on any atom is -0.489 e. The first-order valence-electron chi connectivity index (χ1n) is 11.2. The van der Waals surface area contributed by atoms with Gasteiger partial charge in [-0.05, 0) is 30.7 Å². The largest absolute Gasteiger partial charge is 0.489 e. The number of nitrogens with zero attached hydrogens (tertiary/aromatic N) is 6. The van der Waals surface area contributed by atoms with Crippen LogP contribution in [-0.4, -0.2) is 54.3 Å². The molecule has 0 atom stereocenters. The fourth-order valence-electron chi connectivity index (χ4n) is 4.32. The number of methoxy groups -OCH3 is 1. The van der Waals surface area contributed by atoms with Crippen LogP contribution in [-0.2, 0) is 25.4 Å². The van der Waals surface area contributed by atoms with E-state index in [9.17, 15) is 9.90 Å². The molecule has 0 aliphatic heterocycles. The van der Waals surface area contributed by atoms with Crippen molar-refractivity contribution >= 4 is 21.9 Å². The van der Waals surface area contributed by atoms with Crippen LogP contribution in [0.1, 0.15) is 11.4 Å². The van der Waals surface area contributed by atoms with E-state index in [2.05, 4.69) is 15.1 Å². The van der Waals surface area contributed by atoms with Gasteiger partial charge in [-0.1, -0.05) is 6.07 Å². The number of pyridine rings is 2. The highest BCUT2D eigenvalue weighted by Gasteiger charge is 2.19. The van der Waals surface area contributed by atoms with Crippen LogP contribution >= 0.6 is 0 Å². The van der Waals surface area contributed by atoms with Gasteiger partial charge in [0.05, 0.1) is 47.3 Å². The number of aromatic nitrogens is 6. The molecule has 5 aromatic rings. The van der Waals surface area contributed by atoms with E-state index in [1.807, 2.05) is 44.4 Å². The average molecular weight is 475 g/mol. The normalized spacial score (nSPS) is 11.6. The molecule has 0 aliphatic rings. The minimum absolute atomic E-state index is 0.168. The Morgan fingerprint density at radius 3 is 2.60 bits per heavy atom. The zero-order valence-electron chi connectivity index (χ0n) is 20.0. The molecule has 0 bridgehead atoms. The Morgan fingerprint density at radius 2 is 1.89 bits per heavy atom. The van der Waals surface area contributed by atoms with Crippen molar-refractivity contribution in [1.82, 2.24) is 28.9 Å². The van der Waals surface area contributed by atoms with Crippen LogP contribution in [0.4, 0.5) is 0 Å². The molecule has 35 heavy (non-hydrogen) atoms. The fourth-order valence-corrected chi connectivity index (χ4v) is 4.32. The smallest absolute Gasteiger partial charge is 0.333 e. The Labute approximate surface area is 201 Å². The van der Waals surface area contributed by atoms with Gasteiger partial charge >= 0.3 is 5.69 Å². The zero-order valence-corrected chi connectivity index (χ0v) is 20.0. The lowest BCUT2D eigenvalue weighted by Gasteiger charge is -2.12. The first kappa shape index (κ1) is 22.8. The van der Waals surface area contributed by atoms with Crippen LogP contribution in [0.2, 0.25) is 0 Å². The number of aliphatic hydroxyl groups is 1. The Hall–Kier alpha value is -4.02. The number of aliphatic hydroxyl groups excluding tert-OH is 1. The van der Waals surface area contributed by atoms with Gasteiger partial charge in [-0.2, -0.15) is 5.10 Å². The molecule has 1 N–H and O–H groups in total. The van der Waals surface area contributed by atoms with E-state index in [1.54, 1.807) is 40.4 Å². The Kier molecular flexibility index (Phi) is 5.83. The van der Waals surface area contributed by atoms with Gasteiger partial charge < -0.3 is 14.6 Å². The minimum atomic E-state index is -0.231. The monoisotopic (exact) mass is 474 g/mol. The van der Waals surface area contributed by atoms with Crippen LogP contribution in [0.5, 0.6) is 5.75 Å². The quantitative estimate of drug-likeness (QED) is 0.361. The number of hydrogen-bond donors (Lipinski definition) is 1. The predicted octanol–water partition coefficient (Wildman–Crippen LogP) is 2.50. The zero-order chi connectivity index (χ0) is 24.7. The van der Waals surface area contributed by atoms with E-state index < -0.39 is 0 Å². The molecule has 0 saturated carbocycles. The van der Waals surface area contributed by atoms with Gasteiger partial charge in [-0.3, -0.25) is 23.8 Å². The lowest BCUT2D eigenvalue weighted by Crippen LogP contribution is -2.21. The van der Waals surface area contributed by atoms with E-state index in [0.717, 1.165) is 44.4 Å². The van der Waals surface area contributed by atoms with Gasteiger partial charge in [0.2, 0.25) is 0 Å². The first-order chi connectivity index (χ1) is 16.9. The highest BCUT2D eigenvalue weighted by molar-refractivity contribution is 6.04. The number of ether oxygens (including phenoxy) is 2. The van der Waals surface area contributed by atoms with E-state index >= 15 is 0 Å². The van der Waals surface area contributed by atoms with Crippen molar-refractivity contribution in [3.05, 3.63) is 64.7 Å². The van der Waals surface area contributed by atoms with Gasteiger partial charge in [-0.25, -0.2) is 4.79 Å². The van der Waals surface area contributed by atoms with Gasteiger partial charge in [0.15, 0.2) is 0 Å². The molecule has 0 unspecified atom stereocenters. The molecular formula is C25H26N6O4. The molecule has 10 nitrogen and oxygen atoms in total. The van der Waals surface area contributed by atoms with Crippen LogP contribution in [0.15, 0.2) is 47.7 Å². The number of rotatable bonds is 7. The molecule has 4 aromatic heterocycles. The maximum Gasteiger partial charge on any atom is 0.333 e. The predicted molar refractivity (Wildman–Crippen MR) is 132 cm³/mol. The summed E-state index contributed by atoms with van der Waals surface area (Å²) in [5.41, 5.74) is 5.71. The summed E-state index contributed by atoms with van der Waals surface area (Å²) in [5.74, 6) is 0.501. The second kappa shape index (κ2) is 8.97. The molecule has 10 heteroatoms. The third kappa shape index (κ3) is 3.86. The van der Waals surface area contributed by atoms with E-state index in [4.69, 9.17) is 9.47 Å². The fraction of sp³-hybridized carbons (Fsp3) is 0.280. The second-order valence-corrected chi connectivity index (χ2v) is 8.34. The molecular weight excluding hydrogens is 448 g/mol. The topological polar surface area (TPSA) is 109 Å². The first-order valence-corrected chi connectivity index (χ1v) is 11.2. The molecule has 0 fully saturated rings. The van der Waals surface area contributed by atoms with E-state index in [1.165, 1.54) is 0 Å². The van der Waals surface area contributed by atoms with Crippen molar-refractivity contribution in [3.8, 4) is 22.6 Å². The molecule has 0 radical (unpaired) electrons. The molecule has 0 aliphatic carbocycles. The summed E-state index contributed by atoms with van der Waals surface area (Å²) >= 11 is 0. The van der Waals surface area contributed by atoms with E-state index in [0.29, 0.717) is 24.7 Å². The van der Waals surface area contributed by atoms with Crippen molar-refractivity contribution in [2.24, 2.45) is 14.1 Å². The van der Waals surface area contributed by atoms with Crippen molar-refractivity contribution in [2.45, 2.75) is 13.5 Å². The SMILES string of the molecule is COCCOc1cc(-c2ccc3ncc4c(c3c2)n(-c2cn(C)nc2C)c(=O)n4C)cnc1CO. The second-order valence-electron chi connectivity index (χ2n) is 8.34. The number of benzene rings is 1. The number of aryl methyl sites for hydroxylation is 3. The van der Waals surface area contributed by atoms with E-state index in [-0.39, 0.29) is 12.3 Å². The molecule has 5 rings (SSSR count). The summed E-state index contributed by atoms with van der Waals surface area (Å²) in [4.78, 5) is 22.3. The summed E-state index contributed by atoms with van der Waals surface area (Å²) in [6.07, 6.45) is 5.26. The van der Waals surface area contributed by atoms with Crippen LogP contribution in [0.25, 0.3) is 38.8 Å². The van der Waals surface area contributed by atoms with Gasteiger partial charge in [-0.15, -0.1) is 0 Å². The third-order valence-corrected chi connectivity index (χ3v) is 6.07. The highest BCUT2D eigenvalue weighted by atomic mass is 16.5. The molecule has 1 aromatic carbocycles. The number of imidazole rings is 1. The average Bonchev–Trinajstić information content (AvgIpc) is 3.33. The molecule has 180 valence electrons. The molecule has 0 amide bonds. The highest BCUT2D eigenvalue weighted by Crippen LogP contribution is 2.32. The van der Waals surface area contributed by atoms with Gasteiger partial charge in [0, 0.05) is 44.5 Å². The Bertz CT molecular complexity index is 1610. The maximum atomic E-state index is 13.3. The van der Waals surface area contributed by atoms with Crippen molar-refractivity contribution in [3.63, 3.8) is 0 Å². The third-order valence-electron chi connectivity index (χ3n) is 6.07. The standard InChI is InChI=1S/C25H26N6O4/c1-15-22(13-29(2)28-15)31-24-18-9-16(5-6-19(18)27-12-21(24)30(3)25(31)33)17-10-23(35-8-7-34-4)20(14-32)26-11-17/h5-6,9-13,32H,7-8,14H2,1-4H3. The summed E-state index contributed by atoms with van der Waals surface area (Å²) in [5, 5.41) is 14.9. The van der Waals surface area contributed by atoms with Crippen molar-refractivity contribution < 1.29 is 14.6 Å². The molecule has 0 spiro atoms. The van der Waals surface area contributed by atoms with Gasteiger partial charge in [0.1, 0.15) is 18.1 Å².